The highest BCUT2D eigenvalue weighted by molar-refractivity contribution is 5.49. The summed E-state index contributed by atoms with van der Waals surface area (Å²) in [5.74, 6) is 0.289. The Balaban J connectivity index is 2.09. The van der Waals surface area contributed by atoms with Crippen molar-refractivity contribution < 1.29 is 10.2 Å². The van der Waals surface area contributed by atoms with E-state index in [2.05, 4.69) is 10.2 Å². The molecule has 0 aliphatic rings. The first-order valence-electron chi connectivity index (χ1n) is 5.20. The summed E-state index contributed by atoms with van der Waals surface area (Å²) in [7, 11) is 0. The molecule has 0 atom stereocenters. The Hall–Kier alpha value is -2.36. The number of phenols is 2. The second-order valence-corrected chi connectivity index (χ2v) is 3.52. The number of nitrogens with zero attached hydrogens (tertiary/aromatic N) is 2. The van der Waals surface area contributed by atoms with Gasteiger partial charge in [-0.25, -0.2) is 0 Å². The maximum Gasteiger partial charge on any atom is 0.143 e. The summed E-state index contributed by atoms with van der Waals surface area (Å²) in [4.78, 5) is 0. The van der Waals surface area contributed by atoms with Crippen LogP contribution in [-0.2, 0) is 6.54 Å². The van der Waals surface area contributed by atoms with Gasteiger partial charge in [-0.1, -0.05) is 30.3 Å². The van der Waals surface area contributed by atoms with E-state index in [0.717, 1.165) is 0 Å². The van der Waals surface area contributed by atoms with E-state index in [9.17, 15) is 10.2 Å². The van der Waals surface area contributed by atoms with Crippen LogP contribution >= 0.6 is 0 Å². The molecule has 2 aromatic carbocycles. The van der Waals surface area contributed by atoms with Gasteiger partial charge in [0.05, 0.1) is 6.54 Å². The minimum Gasteiger partial charge on any atom is -0.508 e. The minimum absolute atomic E-state index is 0.0912. The van der Waals surface area contributed by atoms with Crippen LogP contribution in [0.25, 0.3) is 0 Å². The smallest absolute Gasteiger partial charge is 0.143 e. The first-order chi connectivity index (χ1) is 8.27. The number of azo groups is 1. The van der Waals surface area contributed by atoms with Crippen LogP contribution in [0.4, 0.5) is 5.69 Å². The average Bonchev–Trinajstić information content (AvgIpc) is 2.34. The van der Waals surface area contributed by atoms with Crippen molar-refractivity contribution in [1.82, 2.24) is 0 Å². The van der Waals surface area contributed by atoms with Crippen LogP contribution < -0.4 is 0 Å². The van der Waals surface area contributed by atoms with E-state index in [0.29, 0.717) is 11.3 Å². The van der Waals surface area contributed by atoms with Gasteiger partial charge in [-0.05, 0) is 18.2 Å². The highest BCUT2D eigenvalue weighted by Gasteiger charge is 1.99. The van der Waals surface area contributed by atoms with Crippen molar-refractivity contribution >= 4 is 5.69 Å². The van der Waals surface area contributed by atoms with Gasteiger partial charge in [0.2, 0.25) is 0 Å². The fourth-order valence-corrected chi connectivity index (χ4v) is 1.38. The van der Waals surface area contributed by atoms with Gasteiger partial charge in [0.15, 0.2) is 0 Å². The highest BCUT2D eigenvalue weighted by atomic mass is 16.3. The predicted octanol–water partition coefficient (Wildman–Crippen LogP) is 3.38. The Labute approximate surface area is 98.9 Å². The van der Waals surface area contributed by atoms with Crippen LogP contribution in [0.2, 0.25) is 0 Å². The molecule has 0 aromatic heterocycles. The third-order valence-electron chi connectivity index (χ3n) is 2.29. The summed E-state index contributed by atoms with van der Waals surface area (Å²) >= 11 is 0. The first kappa shape index (κ1) is 11.1. The molecule has 2 aromatic rings. The summed E-state index contributed by atoms with van der Waals surface area (Å²) in [6.07, 6.45) is 0. The third-order valence-corrected chi connectivity index (χ3v) is 2.29. The van der Waals surface area contributed by atoms with Crippen molar-refractivity contribution in [3.63, 3.8) is 0 Å². The minimum atomic E-state index is 0.0912. The zero-order chi connectivity index (χ0) is 12.1. The number of rotatable bonds is 3. The Morgan fingerprint density at radius 1 is 0.824 bits per heavy atom. The quantitative estimate of drug-likeness (QED) is 0.791. The van der Waals surface area contributed by atoms with E-state index in [-0.39, 0.29) is 18.0 Å². The third kappa shape index (κ3) is 2.81. The molecule has 2 N–H and O–H groups in total. The fourth-order valence-electron chi connectivity index (χ4n) is 1.38. The van der Waals surface area contributed by atoms with Crippen LogP contribution in [0, 0.1) is 0 Å². The Kier molecular flexibility index (Phi) is 3.35. The molecular formula is C13H12N2O2. The molecular weight excluding hydrogens is 216 g/mol. The molecule has 0 saturated heterocycles. The van der Waals surface area contributed by atoms with E-state index in [4.69, 9.17) is 0 Å². The van der Waals surface area contributed by atoms with Crippen molar-refractivity contribution in [2.75, 3.05) is 0 Å². The first-order valence-corrected chi connectivity index (χ1v) is 5.20. The molecule has 0 unspecified atom stereocenters. The average molecular weight is 228 g/mol. The molecule has 0 aliphatic carbocycles. The molecule has 0 saturated carbocycles. The predicted molar refractivity (Wildman–Crippen MR) is 64.4 cm³/mol. The van der Waals surface area contributed by atoms with Crippen LogP contribution in [0.3, 0.4) is 0 Å². The van der Waals surface area contributed by atoms with Gasteiger partial charge in [0.1, 0.15) is 17.2 Å². The fraction of sp³-hybridized carbons (Fsp3) is 0.0769. The number of hydrogen-bond acceptors (Lipinski definition) is 4. The molecule has 0 heterocycles. The van der Waals surface area contributed by atoms with Crippen molar-refractivity contribution in [2.24, 2.45) is 10.2 Å². The summed E-state index contributed by atoms with van der Waals surface area (Å²) in [5.41, 5.74) is 1.12. The van der Waals surface area contributed by atoms with Crippen LogP contribution in [0.1, 0.15) is 5.56 Å². The topological polar surface area (TPSA) is 65.2 Å². The number of hydrogen-bond donors (Lipinski definition) is 2. The largest absolute Gasteiger partial charge is 0.508 e. The molecule has 0 amide bonds. The number of para-hydroxylation sites is 2. The summed E-state index contributed by atoms with van der Waals surface area (Å²) < 4.78 is 0. The van der Waals surface area contributed by atoms with Crippen LogP contribution in [0.5, 0.6) is 11.5 Å². The lowest BCUT2D eigenvalue weighted by Gasteiger charge is -1.99. The lowest BCUT2D eigenvalue weighted by atomic mass is 10.2. The second kappa shape index (κ2) is 5.12. The van der Waals surface area contributed by atoms with Crippen molar-refractivity contribution in [3.05, 3.63) is 54.1 Å². The van der Waals surface area contributed by atoms with E-state index in [1.807, 2.05) is 6.07 Å². The molecule has 4 nitrogen and oxygen atoms in total. The lowest BCUT2D eigenvalue weighted by molar-refractivity contribution is 0.468. The summed E-state index contributed by atoms with van der Waals surface area (Å²) in [5, 5.41) is 26.8. The Bertz CT molecular complexity index is 538. The maximum absolute atomic E-state index is 9.51. The molecule has 17 heavy (non-hydrogen) atoms. The van der Waals surface area contributed by atoms with Crippen molar-refractivity contribution in [1.29, 1.82) is 0 Å². The molecule has 0 fully saturated rings. The van der Waals surface area contributed by atoms with Crippen molar-refractivity contribution in [2.45, 2.75) is 6.54 Å². The number of aromatic hydroxyl groups is 2. The van der Waals surface area contributed by atoms with E-state index < -0.39 is 0 Å². The zero-order valence-corrected chi connectivity index (χ0v) is 9.11. The standard InChI is InChI=1S/C13H12N2O2/c16-12-7-3-1-5-10(12)9-14-15-11-6-2-4-8-13(11)17/h1-8,16-17H,9H2. The number of phenolic OH excluding ortho intramolecular Hbond substituents is 2. The molecule has 86 valence electrons. The highest BCUT2D eigenvalue weighted by Crippen LogP contribution is 2.25. The molecule has 2 rings (SSSR count). The maximum atomic E-state index is 9.51. The summed E-state index contributed by atoms with van der Waals surface area (Å²) in [6.45, 7) is 0.279. The normalized spacial score (nSPS) is 10.8. The second-order valence-electron chi connectivity index (χ2n) is 3.52. The summed E-state index contributed by atoms with van der Waals surface area (Å²) in [6, 6.07) is 13.7. The zero-order valence-electron chi connectivity index (χ0n) is 9.11. The molecule has 0 bridgehead atoms. The molecule has 0 spiro atoms. The monoisotopic (exact) mass is 228 g/mol. The van der Waals surface area contributed by atoms with Crippen molar-refractivity contribution in [3.8, 4) is 11.5 Å². The van der Waals surface area contributed by atoms with Gasteiger partial charge in [-0.2, -0.15) is 10.2 Å². The lowest BCUT2D eigenvalue weighted by Crippen LogP contribution is -1.80. The molecule has 0 radical (unpaired) electrons. The SMILES string of the molecule is Oc1ccccc1CN=Nc1ccccc1O. The van der Waals surface area contributed by atoms with Crippen LogP contribution in [0.15, 0.2) is 58.8 Å². The van der Waals surface area contributed by atoms with Gasteiger partial charge in [-0.3, -0.25) is 0 Å². The van der Waals surface area contributed by atoms with Crippen LogP contribution in [-0.4, -0.2) is 10.2 Å². The Morgan fingerprint density at radius 3 is 2.18 bits per heavy atom. The van der Waals surface area contributed by atoms with Gasteiger partial charge in [0.25, 0.3) is 0 Å². The van der Waals surface area contributed by atoms with Gasteiger partial charge >= 0.3 is 0 Å². The van der Waals surface area contributed by atoms with Gasteiger partial charge in [0, 0.05) is 5.56 Å². The molecule has 0 aliphatic heterocycles. The van der Waals surface area contributed by atoms with Gasteiger partial charge in [-0.15, -0.1) is 0 Å². The van der Waals surface area contributed by atoms with E-state index in [1.165, 1.54) is 0 Å². The molecule has 4 heteroatoms. The van der Waals surface area contributed by atoms with E-state index >= 15 is 0 Å². The Morgan fingerprint density at radius 2 is 1.47 bits per heavy atom. The number of benzene rings is 2. The van der Waals surface area contributed by atoms with Gasteiger partial charge < -0.3 is 10.2 Å². The van der Waals surface area contributed by atoms with E-state index in [1.54, 1.807) is 42.5 Å².